The third-order valence-corrected chi connectivity index (χ3v) is 4.58. The second-order valence-electron chi connectivity index (χ2n) is 6.49. The summed E-state index contributed by atoms with van der Waals surface area (Å²) in [5.74, 6) is 2.83. The molecule has 0 bridgehead atoms. The van der Waals surface area contributed by atoms with Crippen molar-refractivity contribution in [3.63, 3.8) is 0 Å². The van der Waals surface area contributed by atoms with Crippen LogP contribution in [-0.2, 0) is 11.2 Å². The Labute approximate surface area is 171 Å². The van der Waals surface area contributed by atoms with E-state index in [0.717, 1.165) is 29.6 Å². The van der Waals surface area contributed by atoms with E-state index in [9.17, 15) is 4.79 Å². The van der Waals surface area contributed by atoms with Gasteiger partial charge in [0.2, 0.25) is 0 Å². The molecule has 0 aliphatic carbocycles. The molecule has 0 aliphatic heterocycles. The lowest BCUT2D eigenvalue weighted by Crippen LogP contribution is -1.91. The number of ether oxygens (including phenoxy) is 3. The molecular formula is C25H24O4. The lowest BCUT2D eigenvalue weighted by molar-refractivity contribution is -0.103. The molecule has 0 unspecified atom stereocenters. The van der Waals surface area contributed by atoms with Crippen molar-refractivity contribution in [3.05, 3.63) is 83.4 Å². The second kappa shape index (κ2) is 9.60. The maximum Gasteiger partial charge on any atom is 0.150 e. The molecule has 0 fully saturated rings. The van der Waals surface area contributed by atoms with E-state index < -0.39 is 0 Å². The summed E-state index contributed by atoms with van der Waals surface area (Å²) in [6, 6.07) is 21.0. The van der Waals surface area contributed by atoms with Gasteiger partial charge in [0.1, 0.15) is 23.0 Å². The van der Waals surface area contributed by atoms with Crippen LogP contribution in [0.5, 0.6) is 23.0 Å². The Bertz CT molecular complexity index is 964. The van der Waals surface area contributed by atoms with E-state index in [1.807, 2.05) is 48.5 Å². The topological polar surface area (TPSA) is 44.8 Å². The maximum atomic E-state index is 11.7. The van der Waals surface area contributed by atoms with Crippen LogP contribution in [0.4, 0.5) is 0 Å². The lowest BCUT2D eigenvalue weighted by Gasteiger charge is -2.09. The lowest BCUT2D eigenvalue weighted by atomic mass is 10.0. The molecule has 0 spiro atoms. The van der Waals surface area contributed by atoms with Gasteiger partial charge in [0.15, 0.2) is 6.29 Å². The van der Waals surface area contributed by atoms with E-state index in [0.29, 0.717) is 22.8 Å². The maximum absolute atomic E-state index is 11.7. The normalized spacial score (nSPS) is 11.1. The van der Waals surface area contributed by atoms with Crippen LogP contribution in [0, 0.1) is 0 Å². The van der Waals surface area contributed by atoms with Gasteiger partial charge < -0.3 is 14.2 Å². The van der Waals surface area contributed by atoms with Crippen molar-refractivity contribution in [2.75, 3.05) is 14.2 Å². The van der Waals surface area contributed by atoms with Crippen LogP contribution in [0.2, 0.25) is 0 Å². The van der Waals surface area contributed by atoms with Gasteiger partial charge in [-0.3, -0.25) is 4.79 Å². The highest BCUT2D eigenvalue weighted by Crippen LogP contribution is 2.27. The number of rotatable bonds is 8. The van der Waals surface area contributed by atoms with Crippen molar-refractivity contribution in [2.45, 2.75) is 13.3 Å². The van der Waals surface area contributed by atoms with E-state index in [1.54, 1.807) is 26.4 Å². The minimum Gasteiger partial charge on any atom is -0.497 e. The molecule has 29 heavy (non-hydrogen) atoms. The minimum atomic E-state index is 0.555. The van der Waals surface area contributed by atoms with Crippen LogP contribution in [-0.4, -0.2) is 20.5 Å². The number of aldehydes is 1. The van der Waals surface area contributed by atoms with Gasteiger partial charge in [-0.1, -0.05) is 31.2 Å². The summed E-state index contributed by atoms with van der Waals surface area (Å²) < 4.78 is 16.5. The predicted molar refractivity (Wildman–Crippen MR) is 116 cm³/mol. The van der Waals surface area contributed by atoms with Gasteiger partial charge in [0.25, 0.3) is 0 Å². The van der Waals surface area contributed by atoms with Crippen molar-refractivity contribution >= 4 is 17.9 Å². The summed E-state index contributed by atoms with van der Waals surface area (Å²) in [5.41, 5.74) is 3.44. The van der Waals surface area contributed by atoms with Gasteiger partial charge >= 0.3 is 0 Å². The van der Waals surface area contributed by atoms with E-state index in [1.165, 1.54) is 5.56 Å². The molecule has 0 radical (unpaired) electrons. The van der Waals surface area contributed by atoms with Crippen LogP contribution in [0.25, 0.3) is 11.6 Å². The van der Waals surface area contributed by atoms with Gasteiger partial charge in [-0.25, -0.2) is 0 Å². The SMILES string of the molecule is CCc1ccc(Oc2ccc(/C(C=O)=C\c3cc(OC)cc(OC)c3)cc2)cc1. The number of benzene rings is 3. The quantitative estimate of drug-likeness (QED) is 0.278. The Morgan fingerprint density at radius 3 is 1.83 bits per heavy atom. The van der Waals surface area contributed by atoms with Crippen LogP contribution in [0.3, 0.4) is 0 Å². The summed E-state index contributed by atoms with van der Waals surface area (Å²) >= 11 is 0. The van der Waals surface area contributed by atoms with E-state index in [-0.39, 0.29) is 0 Å². The first kappa shape index (κ1) is 20.2. The van der Waals surface area contributed by atoms with Crippen molar-refractivity contribution < 1.29 is 19.0 Å². The molecule has 0 aliphatic rings. The van der Waals surface area contributed by atoms with Crippen LogP contribution >= 0.6 is 0 Å². The van der Waals surface area contributed by atoms with Gasteiger partial charge in [-0.15, -0.1) is 0 Å². The number of methoxy groups -OCH3 is 2. The number of hydrogen-bond donors (Lipinski definition) is 0. The fraction of sp³-hybridized carbons (Fsp3) is 0.160. The Morgan fingerprint density at radius 2 is 1.34 bits per heavy atom. The van der Waals surface area contributed by atoms with Gasteiger partial charge in [-0.05, 0) is 65.6 Å². The summed E-state index contributed by atoms with van der Waals surface area (Å²) in [6.45, 7) is 2.12. The molecule has 0 atom stereocenters. The Balaban J connectivity index is 1.81. The number of allylic oxidation sites excluding steroid dienone is 1. The standard InChI is InChI=1S/C25H24O4/c1-4-18-5-9-22(10-6-18)29-23-11-7-20(8-12-23)21(17-26)13-19-14-24(27-2)16-25(15-19)28-3/h5-17H,4H2,1-3H3/b21-13-. The zero-order valence-corrected chi connectivity index (χ0v) is 16.8. The number of carbonyl (C=O) groups excluding carboxylic acids is 1. The third-order valence-electron chi connectivity index (χ3n) is 4.58. The van der Waals surface area contributed by atoms with E-state index in [4.69, 9.17) is 14.2 Å². The number of carbonyl (C=O) groups is 1. The highest BCUT2D eigenvalue weighted by molar-refractivity contribution is 6.13. The molecule has 0 saturated carbocycles. The highest BCUT2D eigenvalue weighted by atomic mass is 16.5. The highest BCUT2D eigenvalue weighted by Gasteiger charge is 2.05. The smallest absolute Gasteiger partial charge is 0.150 e. The predicted octanol–water partition coefficient (Wildman–Crippen LogP) is 5.80. The van der Waals surface area contributed by atoms with E-state index in [2.05, 4.69) is 19.1 Å². The molecule has 0 aromatic heterocycles. The number of hydrogen-bond acceptors (Lipinski definition) is 4. The number of aryl methyl sites for hydroxylation is 1. The first-order chi connectivity index (χ1) is 14.1. The average molecular weight is 388 g/mol. The fourth-order valence-corrected chi connectivity index (χ4v) is 2.92. The molecule has 148 valence electrons. The van der Waals surface area contributed by atoms with Crippen molar-refractivity contribution in [1.82, 2.24) is 0 Å². The summed E-state index contributed by atoms with van der Waals surface area (Å²) in [6.07, 6.45) is 3.64. The average Bonchev–Trinajstić information content (AvgIpc) is 2.78. The van der Waals surface area contributed by atoms with Crippen LogP contribution < -0.4 is 14.2 Å². The molecular weight excluding hydrogens is 364 g/mol. The first-order valence-electron chi connectivity index (χ1n) is 9.42. The molecule has 4 nitrogen and oxygen atoms in total. The zero-order valence-electron chi connectivity index (χ0n) is 16.8. The molecule has 3 aromatic carbocycles. The van der Waals surface area contributed by atoms with E-state index >= 15 is 0 Å². The molecule has 0 heterocycles. The Hall–Kier alpha value is -3.53. The van der Waals surface area contributed by atoms with Crippen molar-refractivity contribution in [1.29, 1.82) is 0 Å². The first-order valence-corrected chi connectivity index (χ1v) is 9.42. The molecule has 4 heteroatoms. The van der Waals surface area contributed by atoms with Crippen molar-refractivity contribution in [2.24, 2.45) is 0 Å². The van der Waals surface area contributed by atoms with Gasteiger partial charge in [0.05, 0.1) is 14.2 Å². The van der Waals surface area contributed by atoms with Crippen LogP contribution in [0.15, 0.2) is 66.7 Å². The Kier molecular flexibility index (Phi) is 6.69. The largest absolute Gasteiger partial charge is 0.497 e. The monoisotopic (exact) mass is 388 g/mol. The molecule has 0 saturated heterocycles. The van der Waals surface area contributed by atoms with Gasteiger partial charge in [0, 0.05) is 11.6 Å². The van der Waals surface area contributed by atoms with Crippen LogP contribution in [0.1, 0.15) is 23.6 Å². The summed E-state index contributed by atoms with van der Waals surface area (Å²) in [7, 11) is 3.19. The minimum absolute atomic E-state index is 0.555. The Morgan fingerprint density at radius 1 is 0.793 bits per heavy atom. The molecule has 0 N–H and O–H groups in total. The summed E-state index contributed by atoms with van der Waals surface area (Å²) in [5, 5.41) is 0. The zero-order chi connectivity index (χ0) is 20.6. The molecule has 3 aromatic rings. The third kappa shape index (κ3) is 5.26. The molecule has 3 rings (SSSR count). The molecule has 0 amide bonds. The van der Waals surface area contributed by atoms with Gasteiger partial charge in [-0.2, -0.15) is 0 Å². The fourth-order valence-electron chi connectivity index (χ4n) is 2.92. The second-order valence-corrected chi connectivity index (χ2v) is 6.49. The van der Waals surface area contributed by atoms with Crippen molar-refractivity contribution in [3.8, 4) is 23.0 Å². The summed E-state index contributed by atoms with van der Waals surface area (Å²) in [4.78, 5) is 11.7.